The van der Waals surface area contributed by atoms with Gasteiger partial charge in [0.25, 0.3) is 0 Å². The van der Waals surface area contributed by atoms with E-state index in [1.165, 1.54) is 0 Å². The van der Waals surface area contributed by atoms with Crippen molar-refractivity contribution in [2.24, 2.45) is 5.92 Å². The Kier molecular flexibility index (Phi) is 2.65. The minimum absolute atomic E-state index is 0.317. The van der Waals surface area contributed by atoms with Crippen molar-refractivity contribution in [3.63, 3.8) is 0 Å². The predicted octanol–water partition coefficient (Wildman–Crippen LogP) is -1.11. The molecule has 57 valence electrons. The molecular formula is C6H11N2O2. The Morgan fingerprint density at radius 1 is 1.70 bits per heavy atom. The van der Waals surface area contributed by atoms with Gasteiger partial charge in [-0.15, -0.1) is 0 Å². The smallest absolute Gasteiger partial charge is 0.309 e. The number of rotatable bonds is 1. The third kappa shape index (κ3) is 1.97. The van der Waals surface area contributed by atoms with Crippen LogP contribution in [0.5, 0.6) is 0 Å². The average molecular weight is 143 g/mol. The molecule has 0 aromatic heterocycles. The van der Waals surface area contributed by atoms with Crippen LogP contribution in [0.1, 0.15) is 0 Å². The number of carbonyl (C=O) groups is 1. The van der Waals surface area contributed by atoms with E-state index >= 15 is 0 Å². The number of carboxylic acids is 1. The standard InChI is InChI=1S/C6H11N2O2/c9-6(10)5-3-7-1-2-8-4-5/h5,7H,1-4H2,(H,9,10). The Morgan fingerprint density at radius 2 is 2.50 bits per heavy atom. The molecule has 10 heavy (non-hydrogen) atoms. The molecule has 4 heteroatoms. The summed E-state index contributed by atoms with van der Waals surface area (Å²) in [6.45, 7) is 2.56. The van der Waals surface area contributed by atoms with E-state index in [0.29, 0.717) is 13.1 Å². The highest BCUT2D eigenvalue weighted by Crippen LogP contribution is 1.95. The van der Waals surface area contributed by atoms with Crippen molar-refractivity contribution in [1.29, 1.82) is 0 Å². The van der Waals surface area contributed by atoms with Gasteiger partial charge in [-0.25, -0.2) is 5.32 Å². The SMILES string of the molecule is O=C(O)C1C[N]CCNC1. The quantitative estimate of drug-likeness (QED) is 0.489. The lowest BCUT2D eigenvalue weighted by molar-refractivity contribution is -0.141. The molecule has 0 aromatic rings. The molecule has 1 rings (SSSR count). The molecule has 0 saturated carbocycles. The summed E-state index contributed by atoms with van der Waals surface area (Å²) in [6.07, 6.45) is 0. The van der Waals surface area contributed by atoms with E-state index in [2.05, 4.69) is 10.6 Å². The van der Waals surface area contributed by atoms with Crippen molar-refractivity contribution >= 4 is 5.97 Å². The number of nitrogens with zero attached hydrogens (tertiary/aromatic N) is 1. The summed E-state index contributed by atoms with van der Waals surface area (Å²) in [5.74, 6) is -1.07. The molecule has 1 aliphatic rings. The first-order valence-electron chi connectivity index (χ1n) is 3.37. The molecular weight excluding hydrogens is 132 g/mol. The molecule has 0 spiro atoms. The van der Waals surface area contributed by atoms with E-state index in [1.54, 1.807) is 0 Å². The minimum atomic E-state index is -0.752. The zero-order valence-electron chi connectivity index (χ0n) is 5.71. The van der Waals surface area contributed by atoms with Gasteiger partial charge in [0.15, 0.2) is 0 Å². The van der Waals surface area contributed by atoms with Gasteiger partial charge in [-0.05, 0) is 0 Å². The van der Waals surface area contributed by atoms with Crippen LogP contribution in [0.2, 0.25) is 0 Å². The summed E-state index contributed by atoms with van der Waals surface area (Å²) < 4.78 is 0. The fraction of sp³-hybridized carbons (Fsp3) is 0.833. The van der Waals surface area contributed by atoms with Gasteiger partial charge in [0, 0.05) is 26.2 Å². The monoisotopic (exact) mass is 143 g/mol. The van der Waals surface area contributed by atoms with E-state index in [9.17, 15) is 4.79 Å². The van der Waals surface area contributed by atoms with Crippen LogP contribution in [0.25, 0.3) is 0 Å². The molecule has 1 aliphatic heterocycles. The van der Waals surface area contributed by atoms with E-state index < -0.39 is 5.97 Å². The van der Waals surface area contributed by atoms with Gasteiger partial charge in [0.05, 0.1) is 5.92 Å². The lowest BCUT2D eigenvalue weighted by atomic mass is 10.1. The van der Waals surface area contributed by atoms with Crippen LogP contribution >= 0.6 is 0 Å². The summed E-state index contributed by atoms with van der Waals surface area (Å²) in [6, 6.07) is 0. The molecule has 0 amide bonds. The Labute approximate surface area is 59.6 Å². The second-order valence-corrected chi connectivity index (χ2v) is 2.37. The molecule has 1 atom stereocenters. The summed E-state index contributed by atoms with van der Waals surface area (Å²) in [5, 5.41) is 15.6. The first-order valence-corrected chi connectivity index (χ1v) is 3.37. The molecule has 1 unspecified atom stereocenters. The second kappa shape index (κ2) is 3.53. The molecule has 1 fully saturated rings. The fourth-order valence-electron chi connectivity index (χ4n) is 0.911. The highest BCUT2D eigenvalue weighted by molar-refractivity contribution is 5.70. The van der Waals surface area contributed by atoms with Gasteiger partial charge in [0.1, 0.15) is 0 Å². The highest BCUT2D eigenvalue weighted by atomic mass is 16.4. The lowest BCUT2D eigenvalue weighted by Gasteiger charge is -2.05. The number of hydrogen-bond donors (Lipinski definition) is 2. The van der Waals surface area contributed by atoms with Crippen LogP contribution in [-0.2, 0) is 4.79 Å². The minimum Gasteiger partial charge on any atom is -0.481 e. The molecule has 1 heterocycles. The maximum atomic E-state index is 10.4. The Morgan fingerprint density at radius 3 is 3.20 bits per heavy atom. The van der Waals surface area contributed by atoms with Crippen molar-refractivity contribution in [2.75, 3.05) is 26.2 Å². The fourth-order valence-corrected chi connectivity index (χ4v) is 0.911. The van der Waals surface area contributed by atoms with Gasteiger partial charge >= 0.3 is 5.97 Å². The van der Waals surface area contributed by atoms with Gasteiger partial charge in [0.2, 0.25) is 0 Å². The molecule has 0 bridgehead atoms. The summed E-state index contributed by atoms with van der Waals surface area (Å²) in [5.41, 5.74) is 0. The Hall–Kier alpha value is -0.610. The van der Waals surface area contributed by atoms with Gasteiger partial charge < -0.3 is 10.4 Å². The van der Waals surface area contributed by atoms with Crippen LogP contribution in [-0.4, -0.2) is 37.3 Å². The Bertz CT molecular complexity index is 119. The highest BCUT2D eigenvalue weighted by Gasteiger charge is 2.18. The molecule has 2 N–H and O–H groups in total. The van der Waals surface area contributed by atoms with Crippen LogP contribution in [0.3, 0.4) is 0 Å². The summed E-state index contributed by atoms with van der Waals surface area (Å²) >= 11 is 0. The number of nitrogens with one attached hydrogen (secondary N) is 1. The second-order valence-electron chi connectivity index (χ2n) is 2.37. The average Bonchev–Trinajstić information content (AvgIpc) is 2.12. The van der Waals surface area contributed by atoms with Gasteiger partial charge in [-0.3, -0.25) is 4.79 Å². The zero-order chi connectivity index (χ0) is 7.40. The molecule has 0 aliphatic carbocycles. The maximum Gasteiger partial charge on any atom is 0.309 e. The zero-order valence-corrected chi connectivity index (χ0v) is 5.71. The van der Waals surface area contributed by atoms with Gasteiger partial charge in [-0.2, -0.15) is 0 Å². The van der Waals surface area contributed by atoms with Crippen molar-refractivity contribution in [3.05, 3.63) is 0 Å². The van der Waals surface area contributed by atoms with Crippen molar-refractivity contribution in [2.45, 2.75) is 0 Å². The number of carboxylic acid groups (broad SMARTS) is 1. The lowest BCUT2D eigenvalue weighted by Crippen LogP contribution is -2.29. The van der Waals surface area contributed by atoms with E-state index in [4.69, 9.17) is 5.11 Å². The topological polar surface area (TPSA) is 63.4 Å². The molecule has 4 nitrogen and oxygen atoms in total. The molecule has 1 saturated heterocycles. The van der Waals surface area contributed by atoms with Crippen LogP contribution < -0.4 is 10.6 Å². The van der Waals surface area contributed by atoms with Gasteiger partial charge in [-0.1, -0.05) is 0 Å². The maximum absolute atomic E-state index is 10.4. The van der Waals surface area contributed by atoms with E-state index in [1.807, 2.05) is 0 Å². The van der Waals surface area contributed by atoms with E-state index in [-0.39, 0.29) is 5.92 Å². The molecule has 0 aromatic carbocycles. The number of aliphatic carboxylic acids is 1. The van der Waals surface area contributed by atoms with Crippen LogP contribution in [0.4, 0.5) is 0 Å². The largest absolute Gasteiger partial charge is 0.481 e. The normalized spacial score (nSPS) is 22.0. The van der Waals surface area contributed by atoms with Crippen LogP contribution in [0, 0.1) is 5.92 Å². The van der Waals surface area contributed by atoms with E-state index in [0.717, 1.165) is 13.1 Å². The van der Waals surface area contributed by atoms with Crippen molar-refractivity contribution < 1.29 is 9.90 Å². The number of hydrogen-bond acceptors (Lipinski definition) is 2. The third-order valence-corrected chi connectivity index (χ3v) is 1.54. The summed E-state index contributed by atoms with van der Waals surface area (Å²) in [4.78, 5) is 10.4. The Balaban J connectivity index is 2.35. The van der Waals surface area contributed by atoms with Crippen molar-refractivity contribution in [3.8, 4) is 0 Å². The first kappa shape index (κ1) is 7.50. The summed E-state index contributed by atoms with van der Waals surface area (Å²) in [7, 11) is 0. The predicted molar refractivity (Wildman–Crippen MR) is 35.9 cm³/mol. The molecule has 1 radical (unpaired) electrons. The first-order chi connectivity index (χ1) is 4.80. The van der Waals surface area contributed by atoms with Crippen LogP contribution in [0.15, 0.2) is 0 Å². The third-order valence-electron chi connectivity index (χ3n) is 1.54. The van der Waals surface area contributed by atoms with Crippen molar-refractivity contribution in [1.82, 2.24) is 10.6 Å².